The fourth-order valence-electron chi connectivity index (χ4n) is 2.68. The minimum absolute atomic E-state index is 0.0992. The predicted octanol–water partition coefficient (Wildman–Crippen LogP) is 2.12. The number of carbonyl (C=O) groups excluding carboxylic acids is 3. The molecule has 1 saturated heterocycles. The Hall–Kier alpha value is -1.89. The van der Waals surface area contributed by atoms with E-state index < -0.39 is 17.9 Å². The Kier molecular flexibility index (Phi) is 5.99. The zero-order chi connectivity index (χ0) is 17.9. The molecule has 0 radical (unpaired) electrons. The van der Waals surface area contributed by atoms with Gasteiger partial charge in [-0.25, -0.2) is 4.79 Å². The topological polar surface area (TPSA) is 75.7 Å². The summed E-state index contributed by atoms with van der Waals surface area (Å²) in [4.78, 5) is 38.1. The summed E-state index contributed by atoms with van der Waals surface area (Å²) in [6.45, 7) is 3.95. The largest absolute Gasteiger partial charge is 0.467 e. The molecule has 0 bridgehead atoms. The smallest absolute Gasteiger partial charge is 0.328 e. The first-order valence-corrected chi connectivity index (χ1v) is 8.57. The van der Waals surface area contributed by atoms with E-state index in [0.717, 1.165) is 10.2 Å². The van der Waals surface area contributed by atoms with Gasteiger partial charge in [0.15, 0.2) is 0 Å². The number of nitrogens with one attached hydrogen (secondary N) is 1. The van der Waals surface area contributed by atoms with Crippen LogP contribution in [0.5, 0.6) is 0 Å². The number of rotatable bonds is 5. The normalized spacial score (nSPS) is 18.6. The lowest BCUT2D eigenvalue weighted by atomic mass is 10.0. The van der Waals surface area contributed by atoms with Crippen LogP contribution < -0.4 is 10.2 Å². The summed E-state index contributed by atoms with van der Waals surface area (Å²) in [6.07, 6.45) is 0.124. The van der Waals surface area contributed by atoms with Crippen molar-refractivity contribution in [2.45, 2.75) is 26.3 Å². The van der Waals surface area contributed by atoms with Crippen LogP contribution in [0.4, 0.5) is 5.69 Å². The van der Waals surface area contributed by atoms with Crippen molar-refractivity contribution in [1.29, 1.82) is 0 Å². The van der Waals surface area contributed by atoms with Gasteiger partial charge in [-0.3, -0.25) is 9.59 Å². The van der Waals surface area contributed by atoms with Crippen molar-refractivity contribution in [3.63, 3.8) is 0 Å². The number of ether oxygens (including phenoxy) is 1. The lowest BCUT2D eigenvalue weighted by Crippen LogP contribution is -2.47. The van der Waals surface area contributed by atoms with E-state index in [0.29, 0.717) is 6.54 Å². The predicted molar refractivity (Wildman–Crippen MR) is 93.4 cm³/mol. The molecule has 7 heteroatoms. The standard InChI is InChI=1S/C17H21BrN2O4/c1-10(2)15(17(23)24-3)19-16(22)11-8-14(21)20(9-11)13-7-5-4-6-12(13)18/h4-7,10-11,15H,8-9H2,1-3H3,(H,19,22)/t11?,15-/m0/s1. The number of halogens is 1. The van der Waals surface area contributed by atoms with E-state index >= 15 is 0 Å². The van der Waals surface area contributed by atoms with Gasteiger partial charge in [0.25, 0.3) is 0 Å². The van der Waals surface area contributed by atoms with Crippen molar-refractivity contribution in [3.05, 3.63) is 28.7 Å². The van der Waals surface area contributed by atoms with Crippen molar-refractivity contribution in [2.75, 3.05) is 18.6 Å². The number of anilines is 1. The molecule has 1 unspecified atom stereocenters. The second kappa shape index (κ2) is 7.79. The first-order chi connectivity index (χ1) is 11.3. The highest BCUT2D eigenvalue weighted by Gasteiger charge is 2.37. The highest BCUT2D eigenvalue weighted by molar-refractivity contribution is 9.10. The van der Waals surface area contributed by atoms with Crippen LogP contribution in [0.25, 0.3) is 0 Å². The van der Waals surface area contributed by atoms with Crippen LogP contribution in [0.1, 0.15) is 20.3 Å². The molecule has 1 aliphatic rings. The monoisotopic (exact) mass is 396 g/mol. The summed E-state index contributed by atoms with van der Waals surface area (Å²) in [5.41, 5.74) is 0.742. The summed E-state index contributed by atoms with van der Waals surface area (Å²) in [5, 5.41) is 2.71. The number of nitrogens with zero attached hydrogens (tertiary/aromatic N) is 1. The van der Waals surface area contributed by atoms with E-state index in [1.165, 1.54) is 7.11 Å². The third kappa shape index (κ3) is 3.95. The number of methoxy groups -OCH3 is 1. The van der Waals surface area contributed by atoms with Gasteiger partial charge in [-0.1, -0.05) is 26.0 Å². The van der Waals surface area contributed by atoms with E-state index in [2.05, 4.69) is 21.2 Å². The molecule has 1 N–H and O–H groups in total. The van der Waals surface area contributed by atoms with Crippen molar-refractivity contribution >= 4 is 39.4 Å². The quantitative estimate of drug-likeness (QED) is 0.773. The maximum absolute atomic E-state index is 12.5. The zero-order valence-corrected chi connectivity index (χ0v) is 15.5. The minimum atomic E-state index is -0.713. The van der Waals surface area contributed by atoms with Crippen molar-refractivity contribution < 1.29 is 19.1 Å². The number of carbonyl (C=O) groups is 3. The van der Waals surface area contributed by atoms with Crippen LogP contribution in [0.15, 0.2) is 28.7 Å². The summed E-state index contributed by atoms with van der Waals surface area (Å²) in [7, 11) is 1.29. The Morgan fingerprint density at radius 1 is 1.33 bits per heavy atom. The van der Waals surface area contributed by atoms with Gasteiger partial charge in [-0.15, -0.1) is 0 Å². The zero-order valence-electron chi connectivity index (χ0n) is 13.9. The molecule has 1 aromatic rings. The number of benzene rings is 1. The van der Waals surface area contributed by atoms with Gasteiger partial charge in [-0.05, 0) is 34.0 Å². The average molecular weight is 397 g/mol. The number of para-hydroxylation sites is 1. The van der Waals surface area contributed by atoms with Gasteiger partial charge in [0, 0.05) is 17.4 Å². The summed E-state index contributed by atoms with van der Waals surface area (Å²) < 4.78 is 5.53. The molecule has 0 aliphatic carbocycles. The summed E-state index contributed by atoms with van der Waals surface area (Å²) >= 11 is 3.42. The van der Waals surface area contributed by atoms with Crippen LogP contribution in [-0.4, -0.2) is 37.5 Å². The highest BCUT2D eigenvalue weighted by Crippen LogP contribution is 2.31. The third-order valence-corrected chi connectivity index (χ3v) is 4.73. The Morgan fingerprint density at radius 3 is 2.58 bits per heavy atom. The van der Waals surface area contributed by atoms with E-state index in [1.54, 1.807) is 4.90 Å². The lowest BCUT2D eigenvalue weighted by molar-refractivity contribution is -0.146. The molecule has 2 amide bonds. The number of hydrogen-bond donors (Lipinski definition) is 1. The molecule has 1 aliphatic heterocycles. The Balaban J connectivity index is 2.09. The van der Waals surface area contributed by atoms with Crippen molar-refractivity contribution in [3.8, 4) is 0 Å². The van der Waals surface area contributed by atoms with Crippen molar-refractivity contribution in [1.82, 2.24) is 5.32 Å². The molecular weight excluding hydrogens is 376 g/mol. The maximum Gasteiger partial charge on any atom is 0.328 e. The summed E-state index contributed by atoms with van der Waals surface area (Å²) in [6, 6.07) is 6.67. The molecule has 0 saturated carbocycles. The van der Waals surface area contributed by atoms with Gasteiger partial charge in [0.05, 0.1) is 18.7 Å². The lowest BCUT2D eigenvalue weighted by Gasteiger charge is -2.22. The van der Waals surface area contributed by atoms with Crippen molar-refractivity contribution in [2.24, 2.45) is 11.8 Å². The van der Waals surface area contributed by atoms with Gasteiger partial charge >= 0.3 is 5.97 Å². The van der Waals surface area contributed by atoms with Crippen LogP contribution in [0.3, 0.4) is 0 Å². The van der Waals surface area contributed by atoms with Crippen LogP contribution >= 0.6 is 15.9 Å². The molecule has 6 nitrogen and oxygen atoms in total. The fourth-order valence-corrected chi connectivity index (χ4v) is 3.18. The SMILES string of the molecule is COC(=O)[C@@H](NC(=O)C1CC(=O)N(c2ccccc2Br)C1)C(C)C. The van der Waals surface area contributed by atoms with Crippen LogP contribution in [0, 0.1) is 11.8 Å². The van der Waals surface area contributed by atoms with E-state index in [-0.39, 0.29) is 24.2 Å². The first-order valence-electron chi connectivity index (χ1n) is 7.78. The van der Waals surface area contributed by atoms with E-state index in [9.17, 15) is 14.4 Å². The summed E-state index contributed by atoms with van der Waals surface area (Å²) in [5.74, 6) is -1.48. The number of amides is 2. The molecule has 1 fully saturated rings. The Labute approximate surface area is 149 Å². The first kappa shape index (κ1) is 18.4. The fraction of sp³-hybridized carbons (Fsp3) is 0.471. The average Bonchev–Trinajstić information content (AvgIpc) is 2.93. The van der Waals surface area contributed by atoms with Gasteiger partial charge in [0.2, 0.25) is 11.8 Å². The number of hydrogen-bond acceptors (Lipinski definition) is 4. The molecule has 0 aromatic heterocycles. The van der Waals surface area contributed by atoms with E-state index in [1.807, 2.05) is 38.1 Å². The van der Waals surface area contributed by atoms with Gasteiger partial charge in [-0.2, -0.15) is 0 Å². The number of esters is 1. The second-order valence-corrected chi connectivity index (χ2v) is 6.96. The molecule has 130 valence electrons. The maximum atomic E-state index is 12.5. The minimum Gasteiger partial charge on any atom is -0.467 e. The van der Waals surface area contributed by atoms with Gasteiger partial charge < -0.3 is 15.0 Å². The molecule has 1 heterocycles. The molecular formula is C17H21BrN2O4. The molecule has 0 spiro atoms. The Bertz CT molecular complexity index is 647. The molecule has 24 heavy (non-hydrogen) atoms. The van der Waals surface area contributed by atoms with Crippen LogP contribution in [-0.2, 0) is 19.1 Å². The van der Waals surface area contributed by atoms with E-state index in [4.69, 9.17) is 4.74 Å². The molecule has 2 rings (SSSR count). The second-order valence-electron chi connectivity index (χ2n) is 6.11. The third-order valence-electron chi connectivity index (χ3n) is 4.06. The molecule has 2 atom stereocenters. The Morgan fingerprint density at radius 2 is 2.00 bits per heavy atom. The van der Waals surface area contributed by atoms with Gasteiger partial charge in [0.1, 0.15) is 6.04 Å². The highest BCUT2D eigenvalue weighted by atomic mass is 79.9. The molecule has 1 aromatic carbocycles. The van der Waals surface area contributed by atoms with Crippen LogP contribution in [0.2, 0.25) is 0 Å².